The molecule has 1 aliphatic heterocycles. The largest absolute Gasteiger partial charge is 0.462 e. The van der Waals surface area contributed by atoms with Gasteiger partial charge in [0, 0.05) is 12.2 Å². The van der Waals surface area contributed by atoms with Gasteiger partial charge in [-0.2, -0.15) is 13.2 Å². The van der Waals surface area contributed by atoms with E-state index in [-0.39, 0.29) is 35.9 Å². The van der Waals surface area contributed by atoms with Crippen LogP contribution in [0, 0.1) is 0 Å². The number of hydrogen-bond donors (Lipinski definition) is 1. The molecule has 1 unspecified atom stereocenters. The first kappa shape index (κ1) is 26.1. The van der Waals surface area contributed by atoms with Crippen molar-refractivity contribution < 1.29 is 27.5 Å². The number of anilines is 1. The van der Waals surface area contributed by atoms with Crippen LogP contribution in [-0.2, 0) is 22.3 Å². The van der Waals surface area contributed by atoms with Gasteiger partial charge in [-0.05, 0) is 62.0 Å². The van der Waals surface area contributed by atoms with Crippen LogP contribution in [0.1, 0.15) is 45.5 Å². The summed E-state index contributed by atoms with van der Waals surface area (Å²) in [5.74, 6) is -1.79. The van der Waals surface area contributed by atoms with E-state index in [9.17, 15) is 22.8 Å². The fourth-order valence-corrected chi connectivity index (χ4v) is 4.30. The molecule has 1 N–H and O–H groups in total. The molecule has 9 heteroatoms. The maximum Gasteiger partial charge on any atom is 0.416 e. The molecule has 192 valence electrons. The Kier molecular flexibility index (Phi) is 7.45. The first-order chi connectivity index (χ1) is 17.6. The Morgan fingerprint density at radius 2 is 1.76 bits per heavy atom. The van der Waals surface area contributed by atoms with Crippen LogP contribution in [0.3, 0.4) is 0 Å². The third-order valence-corrected chi connectivity index (χ3v) is 5.87. The highest BCUT2D eigenvalue weighted by Crippen LogP contribution is 2.39. The van der Waals surface area contributed by atoms with Crippen LogP contribution in [0.25, 0.3) is 0 Å². The third-order valence-electron chi connectivity index (χ3n) is 5.87. The molecule has 0 aliphatic carbocycles. The Balaban J connectivity index is 1.83. The molecule has 0 aromatic heterocycles. The number of amides is 1. The molecule has 3 aromatic rings. The smallest absolute Gasteiger partial charge is 0.416 e. The summed E-state index contributed by atoms with van der Waals surface area (Å²) in [6, 6.07) is 17.5. The molecule has 3 aromatic carbocycles. The number of carbonyl (C=O) groups excluding carboxylic acids is 2. The lowest BCUT2D eigenvalue weighted by molar-refractivity contribution is -0.138. The average Bonchev–Trinajstić information content (AvgIpc) is 3.17. The quantitative estimate of drug-likeness (QED) is 0.323. The van der Waals surface area contributed by atoms with E-state index in [1.807, 2.05) is 0 Å². The van der Waals surface area contributed by atoms with E-state index >= 15 is 0 Å². The molecule has 1 heterocycles. The number of nitrogens with zero attached hydrogens (tertiary/aromatic N) is 2. The van der Waals surface area contributed by atoms with Gasteiger partial charge in [0.25, 0.3) is 0 Å². The lowest BCUT2D eigenvalue weighted by Gasteiger charge is -2.18. The van der Waals surface area contributed by atoms with Crippen molar-refractivity contribution in [3.8, 4) is 0 Å². The Morgan fingerprint density at radius 1 is 1.03 bits per heavy atom. The number of rotatable bonds is 7. The van der Waals surface area contributed by atoms with Gasteiger partial charge in [-0.15, -0.1) is 0 Å². The number of benzene rings is 3. The van der Waals surface area contributed by atoms with Crippen LogP contribution in [0.5, 0.6) is 0 Å². The molecule has 0 fully saturated rings. The predicted octanol–water partition coefficient (Wildman–Crippen LogP) is 5.80. The molecule has 0 saturated heterocycles. The normalized spacial score (nSPS) is 15.5. The highest BCUT2D eigenvalue weighted by molar-refractivity contribution is 6.24. The monoisotopic (exact) mass is 509 g/mol. The number of alkyl halides is 3. The van der Waals surface area contributed by atoms with E-state index in [4.69, 9.17) is 4.74 Å². The zero-order valence-electron chi connectivity index (χ0n) is 20.6. The lowest BCUT2D eigenvalue weighted by atomic mass is 9.90. The van der Waals surface area contributed by atoms with Crippen LogP contribution < -0.4 is 5.32 Å². The molecule has 1 amide bonds. The zero-order chi connectivity index (χ0) is 26.7. The van der Waals surface area contributed by atoms with Crippen molar-refractivity contribution in [3.05, 3.63) is 94.5 Å². The van der Waals surface area contributed by atoms with E-state index in [2.05, 4.69) is 10.3 Å². The van der Waals surface area contributed by atoms with Gasteiger partial charge < -0.3 is 15.0 Å². The minimum Gasteiger partial charge on any atom is -0.462 e. The standard InChI is InChI=1S/C28H26F3N3O3/c1-4-37-27(36)18-11-13-21-23(14-18)33-26(35)24(21)25(17-8-6-5-7-9-17)32-20-12-10-19(16-34(2)3)22(15-20)28(29,30)31/h5-15,24H,4,16H2,1-3H3,(H,33,35). The summed E-state index contributed by atoms with van der Waals surface area (Å²) in [6.07, 6.45) is -4.56. The van der Waals surface area contributed by atoms with Crippen molar-refractivity contribution in [1.82, 2.24) is 4.90 Å². The molecule has 1 aliphatic rings. The summed E-state index contributed by atoms with van der Waals surface area (Å²) in [4.78, 5) is 31.6. The number of carbonyl (C=O) groups is 2. The van der Waals surface area contributed by atoms with Gasteiger partial charge in [0.15, 0.2) is 0 Å². The van der Waals surface area contributed by atoms with Crippen LogP contribution >= 0.6 is 0 Å². The topological polar surface area (TPSA) is 71.0 Å². The van der Waals surface area contributed by atoms with E-state index in [1.54, 1.807) is 68.4 Å². The molecule has 1 atom stereocenters. The average molecular weight is 510 g/mol. The first-order valence-corrected chi connectivity index (χ1v) is 11.7. The van der Waals surface area contributed by atoms with Crippen molar-refractivity contribution in [2.24, 2.45) is 4.99 Å². The number of nitrogens with one attached hydrogen (secondary N) is 1. The molecule has 0 saturated carbocycles. The first-order valence-electron chi connectivity index (χ1n) is 11.7. The number of hydrogen-bond acceptors (Lipinski definition) is 5. The predicted molar refractivity (Wildman–Crippen MR) is 135 cm³/mol. The fraction of sp³-hybridized carbons (Fsp3) is 0.250. The molecule has 4 rings (SSSR count). The van der Waals surface area contributed by atoms with Gasteiger partial charge in [0.1, 0.15) is 5.92 Å². The maximum absolute atomic E-state index is 13.9. The third kappa shape index (κ3) is 5.72. The molecular weight excluding hydrogens is 483 g/mol. The highest BCUT2D eigenvalue weighted by atomic mass is 19.4. The second-order valence-electron chi connectivity index (χ2n) is 8.88. The minimum absolute atomic E-state index is 0.0816. The van der Waals surface area contributed by atoms with Crippen molar-refractivity contribution >= 4 is 29.0 Å². The van der Waals surface area contributed by atoms with Gasteiger partial charge >= 0.3 is 12.1 Å². The molecular formula is C28H26F3N3O3. The molecule has 0 radical (unpaired) electrons. The van der Waals surface area contributed by atoms with Crippen LogP contribution in [0.4, 0.5) is 24.5 Å². The Bertz CT molecular complexity index is 1350. The van der Waals surface area contributed by atoms with Crippen LogP contribution in [0.15, 0.2) is 71.7 Å². The van der Waals surface area contributed by atoms with Gasteiger partial charge in [0.05, 0.1) is 29.1 Å². The Hall–Kier alpha value is -3.98. The second-order valence-corrected chi connectivity index (χ2v) is 8.88. The van der Waals surface area contributed by atoms with Gasteiger partial charge in [-0.25, -0.2) is 4.79 Å². The Morgan fingerprint density at radius 3 is 2.41 bits per heavy atom. The minimum atomic E-state index is -4.56. The van der Waals surface area contributed by atoms with Crippen LogP contribution in [0.2, 0.25) is 0 Å². The van der Waals surface area contributed by atoms with Crippen molar-refractivity contribution in [2.75, 3.05) is 26.0 Å². The summed E-state index contributed by atoms with van der Waals surface area (Å²) in [6.45, 7) is 2.03. The number of halogens is 3. The summed E-state index contributed by atoms with van der Waals surface area (Å²) in [7, 11) is 3.40. The highest BCUT2D eigenvalue weighted by Gasteiger charge is 2.37. The SMILES string of the molecule is CCOC(=O)c1ccc2c(c1)NC(=O)C2C(=Nc1ccc(CN(C)C)c(C(F)(F)F)c1)c1ccccc1. The van der Waals surface area contributed by atoms with Crippen molar-refractivity contribution in [3.63, 3.8) is 0 Å². The van der Waals surface area contributed by atoms with Gasteiger partial charge in [-0.1, -0.05) is 42.5 Å². The summed E-state index contributed by atoms with van der Waals surface area (Å²) < 4.78 is 46.7. The second kappa shape index (κ2) is 10.6. The summed E-state index contributed by atoms with van der Waals surface area (Å²) >= 11 is 0. The zero-order valence-corrected chi connectivity index (χ0v) is 20.6. The van der Waals surface area contributed by atoms with Crippen molar-refractivity contribution in [1.29, 1.82) is 0 Å². The van der Waals surface area contributed by atoms with Gasteiger partial charge in [0.2, 0.25) is 5.91 Å². The summed E-state index contributed by atoms with van der Waals surface area (Å²) in [5.41, 5.74) is 1.62. The maximum atomic E-state index is 13.9. The Labute approximate surface area is 212 Å². The molecule has 0 spiro atoms. The van der Waals surface area contributed by atoms with E-state index < -0.39 is 23.6 Å². The van der Waals surface area contributed by atoms with Crippen LogP contribution in [-0.4, -0.2) is 43.2 Å². The van der Waals surface area contributed by atoms with E-state index in [1.165, 1.54) is 18.2 Å². The van der Waals surface area contributed by atoms with Gasteiger partial charge in [-0.3, -0.25) is 9.79 Å². The number of fused-ring (bicyclic) bond motifs is 1. The summed E-state index contributed by atoms with van der Waals surface area (Å²) in [5, 5.41) is 2.77. The lowest BCUT2D eigenvalue weighted by Crippen LogP contribution is -2.22. The number of esters is 1. The molecule has 6 nitrogen and oxygen atoms in total. The number of ether oxygens (including phenoxy) is 1. The van der Waals surface area contributed by atoms with E-state index in [0.717, 1.165) is 6.07 Å². The molecule has 0 bridgehead atoms. The van der Waals surface area contributed by atoms with E-state index in [0.29, 0.717) is 22.5 Å². The molecule has 37 heavy (non-hydrogen) atoms. The number of aliphatic imine (C=N–C) groups is 1. The van der Waals surface area contributed by atoms with Crippen molar-refractivity contribution in [2.45, 2.75) is 25.6 Å². The fourth-order valence-electron chi connectivity index (χ4n) is 4.30.